The van der Waals surface area contributed by atoms with Crippen molar-refractivity contribution in [3.8, 4) is 11.5 Å². The van der Waals surface area contributed by atoms with Crippen LogP contribution in [0.15, 0.2) is 77.7 Å². The van der Waals surface area contributed by atoms with Gasteiger partial charge in [-0.25, -0.2) is 8.42 Å². The SMILES string of the molecule is CCOc1ccc(NS(=O)(=O)c2ccc(OCC(=O)N[C@H](C)c3ccccc3)c(C)c2)cc1. The van der Waals surface area contributed by atoms with Gasteiger partial charge in [0.15, 0.2) is 6.61 Å². The average Bonchev–Trinajstić information content (AvgIpc) is 2.80. The van der Waals surface area contributed by atoms with Gasteiger partial charge in [-0.3, -0.25) is 9.52 Å². The first-order valence-corrected chi connectivity index (χ1v) is 12.1. The van der Waals surface area contributed by atoms with Gasteiger partial charge in [0.1, 0.15) is 11.5 Å². The van der Waals surface area contributed by atoms with Crippen LogP contribution in [0.2, 0.25) is 0 Å². The zero-order valence-electron chi connectivity index (χ0n) is 18.9. The summed E-state index contributed by atoms with van der Waals surface area (Å²) in [6.07, 6.45) is 0. The predicted octanol–water partition coefficient (Wildman–Crippen LogP) is 4.45. The molecule has 8 heteroatoms. The molecule has 1 atom stereocenters. The first-order chi connectivity index (χ1) is 15.8. The predicted molar refractivity (Wildman–Crippen MR) is 128 cm³/mol. The van der Waals surface area contributed by atoms with Gasteiger partial charge in [-0.15, -0.1) is 0 Å². The number of carbonyl (C=O) groups excluding carboxylic acids is 1. The molecule has 3 aromatic carbocycles. The molecular weight excluding hydrogens is 440 g/mol. The Balaban J connectivity index is 1.60. The minimum atomic E-state index is -3.78. The molecule has 174 valence electrons. The summed E-state index contributed by atoms with van der Waals surface area (Å²) >= 11 is 0. The van der Waals surface area contributed by atoms with Crippen LogP contribution in [0.25, 0.3) is 0 Å². The maximum atomic E-state index is 12.8. The molecule has 3 aromatic rings. The minimum absolute atomic E-state index is 0.100. The van der Waals surface area contributed by atoms with Crippen LogP contribution in [0.3, 0.4) is 0 Å². The van der Waals surface area contributed by atoms with Gasteiger partial charge in [0.2, 0.25) is 0 Å². The number of benzene rings is 3. The molecule has 3 rings (SSSR count). The number of amides is 1. The number of aryl methyl sites for hydroxylation is 1. The van der Waals surface area contributed by atoms with Crippen LogP contribution >= 0.6 is 0 Å². The third-order valence-electron chi connectivity index (χ3n) is 4.91. The van der Waals surface area contributed by atoms with Gasteiger partial charge in [-0.05, 0) is 74.4 Å². The first-order valence-electron chi connectivity index (χ1n) is 10.6. The van der Waals surface area contributed by atoms with Crippen molar-refractivity contribution in [3.63, 3.8) is 0 Å². The van der Waals surface area contributed by atoms with E-state index in [1.165, 1.54) is 12.1 Å². The number of nitrogens with one attached hydrogen (secondary N) is 2. The molecule has 0 aliphatic carbocycles. The second-order valence-electron chi connectivity index (χ2n) is 7.48. The topological polar surface area (TPSA) is 93.7 Å². The molecule has 0 spiro atoms. The highest BCUT2D eigenvalue weighted by atomic mass is 32.2. The Morgan fingerprint density at radius 2 is 1.67 bits per heavy atom. The van der Waals surface area contributed by atoms with E-state index in [1.807, 2.05) is 44.2 Å². The molecule has 7 nitrogen and oxygen atoms in total. The van der Waals surface area contributed by atoms with E-state index in [0.717, 1.165) is 5.56 Å². The van der Waals surface area contributed by atoms with Gasteiger partial charge in [0, 0.05) is 5.69 Å². The Bertz CT molecular complexity index is 1180. The number of hydrogen-bond donors (Lipinski definition) is 2. The molecule has 0 fully saturated rings. The van der Waals surface area contributed by atoms with E-state index in [0.29, 0.717) is 29.4 Å². The molecule has 0 saturated heterocycles. The van der Waals surface area contributed by atoms with Gasteiger partial charge in [-0.1, -0.05) is 30.3 Å². The molecule has 0 bridgehead atoms. The molecule has 0 aliphatic rings. The van der Waals surface area contributed by atoms with Crippen molar-refractivity contribution >= 4 is 21.6 Å². The minimum Gasteiger partial charge on any atom is -0.494 e. The van der Waals surface area contributed by atoms with Crippen LogP contribution in [0.4, 0.5) is 5.69 Å². The zero-order valence-corrected chi connectivity index (χ0v) is 19.7. The third-order valence-corrected chi connectivity index (χ3v) is 6.29. The maximum absolute atomic E-state index is 12.8. The van der Waals surface area contributed by atoms with Gasteiger partial charge in [-0.2, -0.15) is 0 Å². The Morgan fingerprint density at radius 3 is 2.30 bits per heavy atom. The van der Waals surface area contributed by atoms with E-state index in [-0.39, 0.29) is 23.5 Å². The molecule has 2 N–H and O–H groups in total. The van der Waals surface area contributed by atoms with Crippen LogP contribution in [0.1, 0.15) is 31.0 Å². The van der Waals surface area contributed by atoms with Crippen LogP contribution in [0.5, 0.6) is 11.5 Å². The summed E-state index contributed by atoms with van der Waals surface area (Å²) in [7, 11) is -3.78. The van der Waals surface area contributed by atoms with Crippen molar-refractivity contribution in [2.24, 2.45) is 0 Å². The number of hydrogen-bond acceptors (Lipinski definition) is 5. The number of sulfonamides is 1. The van der Waals surface area contributed by atoms with Crippen LogP contribution in [0, 0.1) is 6.92 Å². The quantitative estimate of drug-likeness (QED) is 0.459. The summed E-state index contributed by atoms with van der Waals surface area (Å²) in [5.74, 6) is 0.845. The number of carbonyl (C=O) groups is 1. The molecule has 0 heterocycles. The molecular formula is C25H28N2O5S. The van der Waals surface area contributed by atoms with Crippen LogP contribution in [-0.2, 0) is 14.8 Å². The summed E-state index contributed by atoms with van der Waals surface area (Å²) in [6.45, 7) is 5.87. The first kappa shape index (κ1) is 24.1. The lowest BCUT2D eigenvalue weighted by molar-refractivity contribution is -0.123. The van der Waals surface area contributed by atoms with Crippen LogP contribution in [-0.4, -0.2) is 27.5 Å². The van der Waals surface area contributed by atoms with Gasteiger partial charge >= 0.3 is 0 Å². The van der Waals surface area contributed by atoms with Crippen molar-refractivity contribution in [2.75, 3.05) is 17.9 Å². The van der Waals surface area contributed by atoms with Crippen molar-refractivity contribution < 1.29 is 22.7 Å². The largest absolute Gasteiger partial charge is 0.494 e. The zero-order chi connectivity index (χ0) is 23.8. The van der Waals surface area contributed by atoms with Crippen molar-refractivity contribution in [3.05, 3.63) is 83.9 Å². The second kappa shape index (κ2) is 10.9. The Morgan fingerprint density at radius 1 is 0.970 bits per heavy atom. The molecule has 0 radical (unpaired) electrons. The van der Waals surface area contributed by atoms with E-state index < -0.39 is 10.0 Å². The van der Waals surface area contributed by atoms with Gasteiger partial charge in [0.05, 0.1) is 17.5 Å². The number of rotatable bonds is 10. The monoisotopic (exact) mass is 468 g/mol. The summed E-state index contributed by atoms with van der Waals surface area (Å²) in [5, 5.41) is 2.88. The van der Waals surface area contributed by atoms with E-state index >= 15 is 0 Å². The summed E-state index contributed by atoms with van der Waals surface area (Å²) in [4.78, 5) is 12.4. The fraction of sp³-hybridized carbons (Fsp3) is 0.240. The molecule has 1 amide bonds. The van der Waals surface area contributed by atoms with Crippen LogP contribution < -0.4 is 19.5 Å². The highest BCUT2D eigenvalue weighted by Crippen LogP contribution is 2.24. The number of ether oxygens (including phenoxy) is 2. The molecule has 33 heavy (non-hydrogen) atoms. The van der Waals surface area contributed by atoms with E-state index in [1.54, 1.807) is 37.3 Å². The Kier molecular flexibility index (Phi) is 7.95. The van der Waals surface area contributed by atoms with Gasteiger partial charge < -0.3 is 14.8 Å². The summed E-state index contributed by atoms with van der Waals surface area (Å²) < 4.78 is 39.0. The molecule has 0 aliphatic heterocycles. The normalized spacial score (nSPS) is 12.0. The van der Waals surface area contributed by atoms with Crippen molar-refractivity contribution in [1.82, 2.24) is 5.32 Å². The maximum Gasteiger partial charge on any atom is 0.261 e. The number of anilines is 1. The molecule has 0 unspecified atom stereocenters. The second-order valence-corrected chi connectivity index (χ2v) is 9.16. The van der Waals surface area contributed by atoms with E-state index in [9.17, 15) is 13.2 Å². The standard InChI is InChI=1S/C25H28N2O5S/c1-4-31-22-12-10-21(11-13-22)27-33(29,30)23-14-15-24(18(2)16-23)32-17-25(28)26-19(3)20-8-6-5-7-9-20/h5-16,19,27H,4,17H2,1-3H3,(H,26,28)/t19-/m1/s1. The fourth-order valence-electron chi connectivity index (χ4n) is 3.20. The Hall–Kier alpha value is -3.52. The van der Waals surface area contributed by atoms with Crippen molar-refractivity contribution in [2.45, 2.75) is 31.7 Å². The lowest BCUT2D eigenvalue weighted by Gasteiger charge is -2.15. The van der Waals surface area contributed by atoms with Gasteiger partial charge in [0.25, 0.3) is 15.9 Å². The van der Waals surface area contributed by atoms with E-state index in [4.69, 9.17) is 9.47 Å². The van der Waals surface area contributed by atoms with E-state index in [2.05, 4.69) is 10.0 Å². The Labute approximate surface area is 194 Å². The lowest BCUT2D eigenvalue weighted by atomic mass is 10.1. The van der Waals surface area contributed by atoms with Crippen molar-refractivity contribution in [1.29, 1.82) is 0 Å². The third kappa shape index (κ3) is 6.73. The fourth-order valence-corrected chi connectivity index (χ4v) is 4.35. The highest BCUT2D eigenvalue weighted by Gasteiger charge is 2.17. The lowest BCUT2D eigenvalue weighted by Crippen LogP contribution is -2.31. The highest BCUT2D eigenvalue weighted by molar-refractivity contribution is 7.92. The average molecular weight is 469 g/mol. The molecule has 0 aromatic heterocycles. The summed E-state index contributed by atoms with van der Waals surface area (Å²) in [6, 6.07) is 20.7. The molecule has 0 saturated carbocycles. The summed E-state index contributed by atoms with van der Waals surface area (Å²) in [5.41, 5.74) is 2.03. The smallest absolute Gasteiger partial charge is 0.261 e.